The quantitative estimate of drug-likeness (QED) is 0.526. The Morgan fingerprint density at radius 3 is 2.53 bits per heavy atom. The first kappa shape index (κ1) is 24.3. The predicted octanol–water partition coefficient (Wildman–Crippen LogP) is 5.13. The third-order valence-corrected chi connectivity index (χ3v) is 7.65. The van der Waals surface area contributed by atoms with Gasteiger partial charge in [-0.05, 0) is 55.1 Å². The molecule has 2 heterocycles. The molecule has 0 bridgehead atoms. The lowest BCUT2D eigenvalue weighted by Gasteiger charge is -2.57. The number of carbonyl (C=O) groups excluding carboxylic acids is 1. The van der Waals surface area contributed by atoms with Gasteiger partial charge in [-0.2, -0.15) is 0 Å². The fraction of sp³-hybridized carbons (Fsp3) is 0.367. The van der Waals surface area contributed by atoms with E-state index in [1.54, 1.807) is 7.11 Å². The average molecular weight is 486 g/mol. The summed E-state index contributed by atoms with van der Waals surface area (Å²) < 4.78 is 5.41. The Bertz CT molecular complexity index is 1200. The van der Waals surface area contributed by atoms with E-state index in [9.17, 15) is 9.90 Å². The van der Waals surface area contributed by atoms with E-state index >= 15 is 0 Å². The lowest BCUT2D eigenvalue weighted by atomic mass is 9.74. The van der Waals surface area contributed by atoms with Crippen LogP contribution >= 0.6 is 0 Å². The molecule has 0 spiro atoms. The number of fused-ring (bicyclic) bond motifs is 1. The lowest BCUT2D eigenvalue weighted by Crippen LogP contribution is -2.68. The number of nitrogens with zero attached hydrogens (tertiary/aromatic N) is 2. The third-order valence-electron chi connectivity index (χ3n) is 7.65. The summed E-state index contributed by atoms with van der Waals surface area (Å²) in [6.45, 7) is 4.52. The topological polar surface area (TPSA) is 65.0 Å². The largest absolute Gasteiger partial charge is 0.495 e. The fourth-order valence-corrected chi connectivity index (χ4v) is 5.79. The summed E-state index contributed by atoms with van der Waals surface area (Å²) in [6, 6.07) is 24.9. The van der Waals surface area contributed by atoms with Crippen molar-refractivity contribution in [3.63, 3.8) is 0 Å². The van der Waals surface area contributed by atoms with Crippen LogP contribution in [0.4, 0.5) is 10.5 Å². The van der Waals surface area contributed by atoms with Gasteiger partial charge in [-0.1, -0.05) is 66.2 Å². The Morgan fingerprint density at radius 2 is 1.78 bits per heavy atom. The van der Waals surface area contributed by atoms with Crippen molar-refractivity contribution in [2.75, 3.05) is 38.7 Å². The number of aliphatic hydroxyl groups is 1. The first-order valence-electron chi connectivity index (χ1n) is 12.8. The number of para-hydroxylation sites is 2. The molecule has 0 aromatic heterocycles. The molecule has 3 aromatic carbocycles. The highest BCUT2D eigenvalue weighted by Crippen LogP contribution is 2.42. The minimum Gasteiger partial charge on any atom is -0.495 e. The molecule has 2 fully saturated rings. The molecular formula is C30H35N3O3. The molecule has 5 rings (SSSR count). The van der Waals surface area contributed by atoms with Crippen LogP contribution in [-0.4, -0.2) is 66.4 Å². The molecule has 0 saturated carbocycles. The van der Waals surface area contributed by atoms with Crippen LogP contribution in [0.1, 0.15) is 29.9 Å². The number of aryl methyl sites for hydroxylation is 1. The minimum absolute atomic E-state index is 0.0806. The van der Waals surface area contributed by atoms with Crippen molar-refractivity contribution in [1.29, 1.82) is 0 Å². The van der Waals surface area contributed by atoms with E-state index in [1.165, 1.54) is 22.3 Å². The molecular weight excluding hydrogens is 450 g/mol. The zero-order chi connectivity index (χ0) is 25.1. The average Bonchev–Trinajstić information content (AvgIpc) is 2.88. The second kappa shape index (κ2) is 10.7. The normalized spacial score (nSPS) is 22.1. The number of aliphatic hydroxyl groups excluding tert-OH is 1. The molecule has 2 aliphatic rings. The van der Waals surface area contributed by atoms with Gasteiger partial charge in [-0.25, -0.2) is 4.79 Å². The van der Waals surface area contributed by atoms with Crippen LogP contribution in [-0.2, 0) is 0 Å². The Labute approximate surface area is 213 Å². The van der Waals surface area contributed by atoms with Gasteiger partial charge < -0.3 is 20.1 Å². The first-order chi connectivity index (χ1) is 17.6. The van der Waals surface area contributed by atoms with Crippen molar-refractivity contribution in [2.45, 2.75) is 37.8 Å². The van der Waals surface area contributed by atoms with Crippen molar-refractivity contribution in [1.82, 2.24) is 9.80 Å². The second-order valence-electron chi connectivity index (χ2n) is 9.86. The number of anilines is 1. The Balaban J connectivity index is 1.35. The molecule has 6 nitrogen and oxygen atoms in total. The molecule has 3 atom stereocenters. The summed E-state index contributed by atoms with van der Waals surface area (Å²) in [4.78, 5) is 17.6. The fourth-order valence-electron chi connectivity index (χ4n) is 5.79. The second-order valence-corrected chi connectivity index (χ2v) is 9.86. The number of urea groups is 1. The van der Waals surface area contributed by atoms with Gasteiger partial charge in [-0.15, -0.1) is 0 Å². The highest BCUT2D eigenvalue weighted by atomic mass is 16.5. The number of rotatable bonds is 5. The van der Waals surface area contributed by atoms with Gasteiger partial charge in [0.1, 0.15) is 5.75 Å². The van der Waals surface area contributed by atoms with Gasteiger partial charge in [0.15, 0.2) is 0 Å². The maximum absolute atomic E-state index is 13.3. The van der Waals surface area contributed by atoms with E-state index in [0.29, 0.717) is 24.5 Å². The molecule has 2 N–H and O–H groups in total. The van der Waals surface area contributed by atoms with Crippen LogP contribution in [0.25, 0.3) is 11.1 Å². The molecule has 2 amide bonds. The number of benzene rings is 3. The van der Waals surface area contributed by atoms with Crippen LogP contribution in [0.5, 0.6) is 5.75 Å². The van der Waals surface area contributed by atoms with Crippen LogP contribution in [0.2, 0.25) is 0 Å². The van der Waals surface area contributed by atoms with Crippen molar-refractivity contribution < 1.29 is 14.6 Å². The molecule has 0 radical (unpaired) electrons. The van der Waals surface area contributed by atoms with Gasteiger partial charge in [0.2, 0.25) is 0 Å². The number of methoxy groups -OCH3 is 1. The maximum Gasteiger partial charge on any atom is 0.322 e. The monoisotopic (exact) mass is 485 g/mol. The predicted molar refractivity (Wildman–Crippen MR) is 144 cm³/mol. The highest BCUT2D eigenvalue weighted by Gasteiger charge is 2.49. The number of amides is 2. The van der Waals surface area contributed by atoms with Crippen LogP contribution < -0.4 is 10.1 Å². The molecule has 0 unspecified atom stereocenters. The highest BCUT2D eigenvalue weighted by molar-refractivity contribution is 5.91. The van der Waals surface area contributed by atoms with Gasteiger partial charge in [0, 0.05) is 31.1 Å². The van der Waals surface area contributed by atoms with E-state index in [1.807, 2.05) is 29.2 Å². The maximum atomic E-state index is 13.3. The van der Waals surface area contributed by atoms with E-state index in [0.717, 1.165) is 19.4 Å². The molecule has 3 aromatic rings. The Kier molecular flexibility index (Phi) is 7.25. The zero-order valence-electron chi connectivity index (χ0n) is 21.1. The Hall–Kier alpha value is -3.35. The molecule has 188 valence electrons. The summed E-state index contributed by atoms with van der Waals surface area (Å²) in [5.74, 6) is 0.830. The zero-order valence-corrected chi connectivity index (χ0v) is 21.1. The molecule has 2 saturated heterocycles. The van der Waals surface area contributed by atoms with Gasteiger partial charge in [-0.3, -0.25) is 4.90 Å². The van der Waals surface area contributed by atoms with Crippen LogP contribution in [0.15, 0.2) is 72.8 Å². The number of hydrogen-bond donors (Lipinski definition) is 2. The summed E-state index contributed by atoms with van der Waals surface area (Å²) in [5, 5.41) is 13.3. The summed E-state index contributed by atoms with van der Waals surface area (Å²) in [5.41, 5.74) is 5.54. The van der Waals surface area contributed by atoms with Crippen molar-refractivity contribution in [3.8, 4) is 16.9 Å². The standard InChI is InChI=1S/C30H35N3O3/c1-21-8-7-9-24(18-21)22-12-14-23(15-13-22)29-26-19-32(16-5-6-17-33(26)27(29)20-34)30(35)31-25-10-3-4-11-28(25)36-2/h3-4,7-15,18,26-27,29,34H,5-6,16-17,19-20H2,1-2H3,(H,31,35)/t26-,27+,29+/m1/s1. The summed E-state index contributed by atoms with van der Waals surface area (Å²) >= 11 is 0. The van der Waals surface area contributed by atoms with Crippen molar-refractivity contribution in [3.05, 3.63) is 83.9 Å². The van der Waals surface area contributed by atoms with Crippen LogP contribution in [0.3, 0.4) is 0 Å². The van der Waals surface area contributed by atoms with Gasteiger partial charge >= 0.3 is 6.03 Å². The summed E-state index contributed by atoms with van der Waals surface area (Å²) in [7, 11) is 1.61. The van der Waals surface area contributed by atoms with Gasteiger partial charge in [0.05, 0.1) is 19.4 Å². The number of carbonyl (C=O) groups is 1. The van der Waals surface area contributed by atoms with Crippen molar-refractivity contribution in [2.24, 2.45) is 0 Å². The molecule has 6 heteroatoms. The Morgan fingerprint density at radius 1 is 1.00 bits per heavy atom. The van der Waals surface area contributed by atoms with Gasteiger partial charge in [0.25, 0.3) is 0 Å². The molecule has 0 aliphatic carbocycles. The number of nitrogens with one attached hydrogen (secondary N) is 1. The lowest BCUT2D eigenvalue weighted by molar-refractivity contribution is -0.0585. The summed E-state index contributed by atoms with van der Waals surface area (Å²) in [6.07, 6.45) is 1.95. The first-order valence-corrected chi connectivity index (χ1v) is 12.8. The van der Waals surface area contributed by atoms with Crippen molar-refractivity contribution >= 4 is 11.7 Å². The van der Waals surface area contributed by atoms with Crippen LogP contribution in [0, 0.1) is 6.92 Å². The van der Waals surface area contributed by atoms with E-state index in [-0.39, 0.29) is 30.6 Å². The number of ether oxygens (including phenoxy) is 1. The molecule has 36 heavy (non-hydrogen) atoms. The minimum atomic E-state index is -0.109. The molecule has 2 aliphatic heterocycles. The van der Waals surface area contributed by atoms with E-state index in [4.69, 9.17) is 4.74 Å². The SMILES string of the molecule is COc1ccccc1NC(=O)N1CCCCN2[C@H](C1)[C@H](c1ccc(-c3cccc(C)c3)cc1)[C@@H]2CO. The third kappa shape index (κ3) is 4.84. The van der Waals surface area contributed by atoms with E-state index in [2.05, 4.69) is 65.7 Å². The smallest absolute Gasteiger partial charge is 0.322 e. The number of hydrogen-bond acceptors (Lipinski definition) is 4. The van der Waals surface area contributed by atoms with E-state index < -0.39 is 0 Å².